The van der Waals surface area contributed by atoms with Crippen molar-refractivity contribution in [2.45, 2.75) is 31.7 Å². The SMILES string of the molecule is O=Cc1c(O)cccc1OCC[C@@H]1CCCCN1C(=O)c1cccc(Cl)c1C=O. The molecule has 1 heterocycles. The fourth-order valence-corrected chi connectivity index (χ4v) is 3.87. The van der Waals surface area contributed by atoms with Crippen LogP contribution in [0.5, 0.6) is 11.5 Å². The Morgan fingerprint density at radius 3 is 2.66 bits per heavy atom. The average molecular weight is 416 g/mol. The maximum Gasteiger partial charge on any atom is 0.254 e. The summed E-state index contributed by atoms with van der Waals surface area (Å²) in [5.74, 6) is -0.0358. The molecule has 0 aromatic heterocycles. The molecule has 6 nitrogen and oxygen atoms in total. The van der Waals surface area contributed by atoms with Crippen LogP contribution >= 0.6 is 11.6 Å². The van der Waals surface area contributed by atoms with Crippen LogP contribution in [0.25, 0.3) is 0 Å². The second-order valence-electron chi connectivity index (χ2n) is 6.91. The zero-order chi connectivity index (χ0) is 20.8. The van der Waals surface area contributed by atoms with Crippen LogP contribution in [0.1, 0.15) is 56.8 Å². The Labute approximate surface area is 174 Å². The zero-order valence-corrected chi connectivity index (χ0v) is 16.6. The lowest BCUT2D eigenvalue weighted by Crippen LogP contribution is -2.44. The van der Waals surface area contributed by atoms with Crippen molar-refractivity contribution in [3.63, 3.8) is 0 Å². The molecule has 7 heteroatoms. The van der Waals surface area contributed by atoms with Crippen LogP contribution in [-0.2, 0) is 0 Å². The van der Waals surface area contributed by atoms with Crippen molar-refractivity contribution in [1.82, 2.24) is 4.90 Å². The van der Waals surface area contributed by atoms with Gasteiger partial charge in [-0.1, -0.05) is 23.7 Å². The molecule has 29 heavy (non-hydrogen) atoms. The van der Waals surface area contributed by atoms with E-state index in [0.29, 0.717) is 36.9 Å². The van der Waals surface area contributed by atoms with E-state index in [9.17, 15) is 19.5 Å². The number of halogens is 1. The van der Waals surface area contributed by atoms with Crippen LogP contribution in [0.15, 0.2) is 36.4 Å². The van der Waals surface area contributed by atoms with Crippen molar-refractivity contribution in [2.75, 3.05) is 13.2 Å². The van der Waals surface area contributed by atoms with Gasteiger partial charge in [0.25, 0.3) is 5.91 Å². The first kappa shape index (κ1) is 20.9. The van der Waals surface area contributed by atoms with Gasteiger partial charge in [0.05, 0.1) is 22.8 Å². The molecule has 0 radical (unpaired) electrons. The number of amides is 1. The first-order chi connectivity index (χ1) is 14.1. The molecule has 1 amide bonds. The molecule has 2 aromatic rings. The molecule has 1 aliphatic heterocycles. The van der Waals surface area contributed by atoms with Crippen LogP contribution in [0.4, 0.5) is 0 Å². The van der Waals surface area contributed by atoms with Gasteiger partial charge in [-0.3, -0.25) is 14.4 Å². The van der Waals surface area contributed by atoms with Gasteiger partial charge < -0.3 is 14.7 Å². The number of phenolic OH excluding ortho intramolecular Hbond substituents is 1. The molecular formula is C22H22ClNO5. The van der Waals surface area contributed by atoms with Crippen molar-refractivity contribution in [3.05, 3.63) is 58.1 Å². The van der Waals surface area contributed by atoms with Crippen molar-refractivity contribution in [3.8, 4) is 11.5 Å². The summed E-state index contributed by atoms with van der Waals surface area (Å²) in [6.07, 6.45) is 4.45. The second kappa shape index (κ2) is 9.56. The molecule has 0 unspecified atom stereocenters. The first-order valence-corrected chi connectivity index (χ1v) is 9.89. The number of likely N-dealkylation sites (tertiary alicyclic amines) is 1. The van der Waals surface area contributed by atoms with Gasteiger partial charge in [-0.25, -0.2) is 0 Å². The summed E-state index contributed by atoms with van der Waals surface area (Å²) in [4.78, 5) is 37.5. The number of benzene rings is 2. The number of aromatic hydroxyl groups is 1. The van der Waals surface area contributed by atoms with Crippen molar-refractivity contribution >= 4 is 30.1 Å². The summed E-state index contributed by atoms with van der Waals surface area (Å²) in [6, 6.07) is 9.46. The number of nitrogens with zero attached hydrogens (tertiary/aromatic N) is 1. The lowest BCUT2D eigenvalue weighted by molar-refractivity contribution is 0.0578. The van der Waals surface area contributed by atoms with Gasteiger partial charge in [0, 0.05) is 24.6 Å². The number of rotatable bonds is 7. The number of hydrogen-bond acceptors (Lipinski definition) is 5. The minimum Gasteiger partial charge on any atom is -0.507 e. The minimum atomic E-state index is -0.217. The number of aldehydes is 2. The van der Waals surface area contributed by atoms with Crippen LogP contribution < -0.4 is 4.74 Å². The monoisotopic (exact) mass is 415 g/mol. The van der Waals surface area contributed by atoms with Crippen molar-refractivity contribution in [1.29, 1.82) is 0 Å². The number of carbonyl (C=O) groups excluding carboxylic acids is 3. The minimum absolute atomic E-state index is 0.0493. The van der Waals surface area contributed by atoms with E-state index in [1.807, 2.05) is 0 Å². The highest BCUT2D eigenvalue weighted by Crippen LogP contribution is 2.28. The van der Waals surface area contributed by atoms with E-state index >= 15 is 0 Å². The van der Waals surface area contributed by atoms with Crippen LogP contribution in [0, 0.1) is 0 Å². The predicted molar refractivity (Wildman–Crippen MR) is 109 cm³/mol. The molecule has 1 aliphatic rings. The highest BCUT2D eigenvalue weighted by molar-refractivity contribution is 6.33. The molecule has 0 spiro atoms. The summed E-state index contributed by atoms with van der Waals surface area (Å²) in [5, 5.41) is 10.0. The molecule has 3 rings (SSSR count). The van der Waals surface area contributed by atoms with Crippen LogP contribution in [0.3, 0.4) is 0 Å². The van der Waals surface area contributed by atoms with Gasteiger partial charge in [-0.2, -0.15) is 0 Å². The summed E-state index contributed by atoms with van der Waals surface area (Å²) < 4.78 is 5.70. The van der Waals surface area contributed by atoms with E-state index < -0.39 is 0 Å². The fraction of sp³-hybridized carbons (Fsp3) is 0.318. The van der Waals surface area contributed by atoms with Gasteiger partial charge in [0.15, 0.2) is 12.6 Å². The number of ether oxygens (including phenoxy) is 1. The Balaban J connectivity index is 1.71. The third kappa shape index (κ3) is 4.59. The Kier molecular flexibility index (Phi) is 6.88. The quantitative estimate of drug-likeness (QED) is 0.687. The van der Waals surface area contributed by atoms with Gasteiger partial charge in [0.1, 0.15) is 11.5 Å². The standard InChI is InChI=1S/C22H22ClNO5/c23-19-7-3-6-16(17(19)13-25)22(28)24-11-2-1-5-15(24)10-12-29-21-9-4-8-20(27)18(21)14-26/h3-4,6-9,13-15,27H,1-2,5,10-12H2/t15-/m0/s1. The molecule has 1 saturated heterocycles. The maximum atomic E-state index is 13.1. The molecule has 152 valence electrons. The topological polar surface area (TPSA) is 83.9 Å². The average Bonchev–Trinajstić information content (AvgIpc) is 2.73. The summed E-state index contributed by atoms with van der Waals surface area (Å²) in [6.45, 7) is 0.884. The highest BCUT2D eigenvalue weighted by Gasteiger charge is 2.29. The van der Waals surface area contributed by atoms with E-state index in [1.54, 1.807) is 35.2 Å². The molecule has 0 aliphatic carbocycles. The lowest BCUT2D eigenvalue weighted by Gasteiger charge is -2.36. The van der Waals surface area contributed by atoms with E-state index in [4.69, 9.17) is 16.3 Å². The Hall–Kier alpha value is -2.86. The van der Waals surface area contributed by atoms with Crippen molar-refractivity contribution < 1.29 is 24.2 Å². The zero-order valence-electron chi connectivity index (χ0n) is 15.8. The third-order valence-corrected chi connectivity index (χ3v) is 5.49. The van der Waals surface area contributed by atoms with Crippen molar-refractivity contribution in [2.24, 2.45) is 0 Å². The Bertz CT molecular complexity index is 914. The second-order valence-corrected chi connectivity index (χ2v) is 7.32. The van der Waals surface area contributed by atoms with E-state index in [1.165, 1.54) is 6.07 Å². The molecule has 1 atom stereocenters. The smallest absolute Gasteiger partial charge is 0.254 e. The normalized spacial score (nSPS) is 16.3. The Morgan fingerprint density at radius 1 is 1.14 bits per heavy atom. The molecule has 2 aromatic carbocycles. The Morgan fingerprint density at radius 2 is 1.90 bits per heavy atom. The van der Waals surface area contributed by atoms with Gasteiger partial charge in [-0.15, -0.1) is 0 Å². The van der Waals surface area contributed by atoms with Gasteiger partial charge in [0.2, 0.25) is 0 Å². The van der Waals surface area contributed by atoms with E-state index in [-0.39, 0.29) is 40.5 Å². The molecule has 1 fully saturated rings. The number of carbonyl (C=O) groups is 3. The van der Waals surface area contributed by atoms with Crippen LogP contribution in [-0.4, -0.2) is 47.7 Å². The summed E-state index contributed by atoms with van der Waals surface area (Å²) in [7, 11) is 0. The molecule has 0 saturated carbocycles. The van der Waals surface area contributed by atoms with Crippen LogP contribution in [0.2, 0.25) is 5.02 Å². The molecule has 1 N–H and O–H groups in total. The molecule has 0 bridgehead atoms. The summed E-state index contributed by atoms with van der Waals surface area (Å²) >= 11 is 6.07. The first-order valence-electron chi connectivity index (χ1n) is 9.51. The largest absolute Gasteiger partial charge is 0.507 e. The van der Waals surface area contributed by atoms with Gasteiger partial charge >= 0.3 is 0 Å². The van der Waals surface area contributed by atoms with E-state index in [0.717, 1.165) is 19.3 Å². The predicted octanol–water partition coefficient (Wildman–Crippen LogP) is 4.13. The fourth-order valence-electron chi connectivity index (χ4n) is 3.65. The highest BCUT2D eigenvalue weighted by atomic mass is 35.5. The third-order valence-electron chi connectivity index (χ3n) is 5.16. The number of hydrogen-bond donors (Lipinski definition) is 1. The molecular weight excluding hydrogens is 394 g/mol. The summed E-state index contributed by atoms with van der Waals surface area (Å²) in [5.41, 5.74) is 0.616. The maximum absolute atomic E-state index is 13.1. The number of piperidine rings is 1. The van der Waals surface area contributed by atoms with Gasteiger partial charge in [-0.05, 0) is 43.5 Å². The number of phenols is 1. The lowest BCUT2D eigenvalue weighted by atomic mass is 9.97. The van der Waals surface area contributed by atoms with E-state index in [2.05, 4.69) is 0 Å².